The van der Waals surface area contributed by atoms with Gasteiger partial charge in [-0.05, 0) is 37.4 Å². The summed E-state index contributed by atoms with van der Waals surface area (Å²) in [4.78, 5) is 2.51. The van der Waals surface area contributed by atoms with Gasteiger partial charge in [-0.1, -0.05) is 30.3 Å². The van der Waals surface area contributed by atoms with Gasteiger partial charge in [0, 0.05) is 6.54 Å². The van der Waals surface area contributed by atoms with Gasteiger partial charge in [-0.25, -0.2) is 0 Å². The van der Waals surface area contributed by atoms with Gasteiger partial charge in [0.25, 0.3) is 0 Å². The van der Waals surface area contributed by atoms with Gasteiger partial charge in [-0.2, -0.15) is 0 Å². The minimum atomic E-state index is -0.0856. The second-order valence-electron chi connectivity index (χ2n) is 4.96. The maximum atomic E-state index is 6.62. The number of nitrogens with two attached hydrogens (primary N) is 1. The Labute approximate surface area is 91.1 Å². The third-order valence-electron chi connectivity index (χ3n) is 4.11. The normalized spacial score (nSPS) is 39.3. The topological polar surface area (TPSA) is 29.3 Å². The average Bonchev–Trinajstić information content (AvgIpc) is 2.31. The first-order valence-electron chi connectivity index (χ1n) is 5.86. The molecular formula is C13H18N2. The molecule has 2 bridgehead atoms. The summed E-state index contributed by atoms with van der Waals surface area (Å²) in [5.74, 6) is 0.685. The molecule has 3 heterocycles. The quantitative estimate of drug-likeness (QED) is 0.749. The van der Waals surface area contributed by atoms with Crippen LogP contribution in [0.2, 0.25) is 0 Å². The zero-order chi connectivity index (χ0) is 10.3. The van der Waals surface area contributed by atoms with Crippen molar-refractivity contribution in [3.8, 4) is 0 Å². The molecule has 0 saturated carbocycles. The highest BCUT2D eigenvalue weighted by atomic mass is 15.2. The van der Waals surface area contributed by atoms with Crippen LogP contribution >= 0.6 is 0 Å². The van der Waals surface area contributed by atoms with Gasteiger partial charge in [-0.15, -0.1) is 0 Å². The Balaban J connectivity index is 1.97. The molecule has 4 rings (SSSR count). The molecule has 0 radical (unpaired) electrons. The summed E-state index contributed by atoms with van der Waals surface area (Å²) in [6, 6.07) is 10.6. The van der Waals surface area contributed by atoms with Crippen molar-refractivity contribution in [3.63, 3.8) is 0 Å². The third kappa shape index (κ3) is 1.40. The van der Waals surface area contributed by atoms with E-state index in [9.17, 15) is 0 Å². The number of nitrogens with zero attached hydrogens (tertiary/aromatic N) is 1. The molecule has 3 aliphatic heterocycles. The fourth-order valence-corrected chi connectivity index (χ4v) is 3.18. The highest BCUT2D eigenvalue weighted by molar-refractivity contribution is 5.27. The molecule has 3 aliphatic rings. The fraction of sp³-hybridized carbons (Fsp3) is 0.538. The minimum absolute atomic E-state index is 0.0856. The van der Waals surface area contributed by atoms with E-state index in [1.165, 1.54) is 31.5 Å². The predicted octanol–water partition coefficient (Wildman–Crippen LogP) is 1.57. The van der Waals surface area contributed by atoms with Gasteiger partial charge in [0.2, 0.25) is 0 Å². The van der Waals surface area contributed by atoms with Crippen molar-refractivity contribution in [2.24, 2.45) is 11.7 Å². The van der Waals surface area contributed by atoms with Crippen molar-refractivity contribution in [2.45, 2.75) is 18.4 Å². The van der Waals surface area contributed by atoms with Crippen LogP contribution in [0.3, 0.4) is 0 Å². The Morgan fingerprint density at radius 3 is 2.33 bits per heavy atom. The SMILES string of the molecule is N[C@]1(c2ccccc2)CN2CCC1CC2. The lowest BCUT2D eigenvalue weighted by atomic mass is 9.70. The summed E-state index contributed by atoms with van der Waals surface area (Å²) in [6.07, 6.45) is 2.54. The van der Waals surface area contributed by atoms with Crippen LogP contribution in [0, 0.1) is 5.92 Å². The van der Waals surface area contributed by atoms with E-state index in [0.717, 1.165) is 6.54 Å². The first-order valence-corrected chi connectivity index (χ1v) is 5.86. The lowest BCUT2D eigenvalue weighted by Crippen LogP contribution is -2.61. The minimum Gasteiger partial charge on any atom is -0.320 e. The molecule has 2 nitrogen and oxygen atoms in total. The summed E-state index contributed by atoms with van der Waals surface area (Å²) in [6.45, 7) is 3.54. The van der Waals surface area contributed by atoms with Crippen LogP contribution in [-0.2, 0) is 5.54 Å². The molecule has 1 aromatic carbocycles. The van der Waals surface area contributed by atoms with Crippen LogP contribution in [0.15, 0.2) is 30.3 Å². The van der Waals surface area contributed by atoms with Gasteiger partial charge in [-0.3, -0.25) is 0 Å². The average molecular weight is 202 g/mol. The molecule has 3 saturated heterocycles. The van der Waals surface area contributed by atoms with Crippen molar-refractivity contribution in [1.29, 1.82) is 0 Å². The zero-order valence-electron chi connectivity index (χ0n) is 9.02. The predicted molar refractivity (Wildman–Crippen MR) is 61.5 cm³/mol. The van der Waals surface area contributed by atoms with E-state index in [4.69, 9.17) is 5.73 Å². The maximum Gasteiger partial charge on any atom is 0.0568 e. The summed E-state index contributed by atoms with van der Waals surface area (Å²) in [7, 11) is 0. The summed E-state index contributed by atoms with van der Waals surface area (Å²) < 4.78 is 0. The number of hydrogen-bond donors (Lipinski definition) is 1. The highest BCUT2D eigenvalue weighted by Crippen LogP contribution is 2.40. The van der Waals surface area contributed by atoms with Crippen molar-refractivity contribution in [1.82, 2.24) is 4.90 Å². The summed E-state index contributed by atoms with van der Waals surface area (Å²) >= 11 is 0. The van der Waals surface area contributed by atoms with E-state index in [-0.39, 0.29) is 5.54 Å². The van der Waals surface area contributed by atoms with Crippen LogP contribution in [0.25, 0.3) is 0 Å². The van der Waals surface area contributed by atoms with E-state index < -0.39 is 0 Å². The van der Waals surface area contributed by atoms with Crippen molar-refractivity contribution >= 4 is 0 Å². The molecule has 0 unspecified atom stereocenters. The molecule has 1 atom stereocenters. The van der Waals surface area contributed by atoms with Gasteiger partial charge >= 0.3 is 0 Å². The highest BCUT2D eigenvalue weighted by Gasteiger charge is 2.44. The molecule has 1 aromatic rings. The molecule has 0 spiro atoms. The van der Waals surface area contributed by atoms with E-state index in [0.29, 0.717) is 5.92 Å². The largest absolute Gasteiger partial charge is 0.320 e. The Hall–Kier alpha value is -0.860. The van der Waals surface area contributed by atoms with Crippen molar-refractivity contribution < 1.29 is 0 Å². The zero-order valence-corrected chi connectivity index (χ0v) is 9.02. The number of benzene rings is 1. The van der Waals surface area contributed by atoms with Crippen LogP contribution < -0.4 is 5.73 Å². The van der Waals surface area contributed by atoms with E-state index in [1.807, 2.05) is 0 Å². The van der Waals surface area contributed by atoms with Gasteiger partial charge in [0.05, 0.1) is 5.54 Å². The van der Waals surface area contributed by atoms with Crippen molar-refractivity contribution in [2.75, 3.05) is 19.6 Å². The first kappa shape index (κ1) is 9.37. The molecule has 80 valence electrons. The Kier molecular flexibility index (Phi) is 2.08. The first-order chi connectivity index (χ1) is 7.29. The molecule has 2 N–H and O–H groups in total. The lowest BCUT2D eigenvalue weighted by molar-refractivity contribution is 0.0267. The van der Waals surface area contributed by atoms with E-state index in [1.54, 1.807) is 0 Å². The Bertz CT molecular complexity index is 341. The number of fused-ring (bicyclic) bond motifs is 3. The molecule has 0 aromatic heterocycles. The molecule has 0 amide bonds. The third-order valence-corrected chi connectivity index (χ3v) is 4.11. The van der Waals surface area contributed by atoms with Crippen molar-refractivity contribution in [3.05, 3.63) is 35.9 Å². The standard InChI is InChI=1S/C13H18N2/c14-13(11-4-2-1-3-5-11)10-15-8-6-12(13)7-9-15/h1-5,12H,6-10,14H2/t13-/m0/s1. The second-order valence-corrected chi connectivity index (χ2v) is 4.96. The van der Waals surface area contributed by atoms with E-state index in [2.05, 4.69) is 35.2 Å². The smallest absolute Gasteiger partial charge is 0.0568 e. The molecular weight excluding hydrogens is 184 g/mol. The lowest BCUT2D eigenvalue weighted by Gasteiger charge is -2.51. The molecule has 2 heteroatoms. The van der Waals surface area contributed by atoms with E-state index >= 15 is 0 Å². The van der Waals surface area contributed by atoms with Crippen LogP contribution in [-0.4, -0.2) is 24.5 Å². The molecule has 15 heavy (non-hydrogen) atoms. The Morgan fingerprint density at radius 1 is 1.13 bits per heavy atom. The van der Waals surface area contributed by atoms with Crippen LogP contribution in [0.4, 0.5) is 0 Å². The van der Waals surface area contributed by atoms with Gasteiger partial charge in [0.1, 0.15) is 0 Å². The number of hydrogen-bond acceptors (Lipinski definition) is 2. The van der Waals surface area contributed by atoms with Crippen LogP contribution in [0.1, 0.15) is 18.4 Å². The molecule has 0 aliphatic carbocycles. The van der Waals surface area contributed by atoms with Gasteiger partial charge in [0.15, 0.2) is 0 Å². The molecule has 3 fully saturated rings. The fourth-order valence-electron chi connectivity index (χ4n) is 3.18. The van der Waals surface area contributed by atoms with Gasteiger partial charge < -0.3 is 10.6 Å². The Morgan fingerprint density at radius 2 is 1.80 bits per heavy atom. The summed E-state index contributed by atoms with van der Waals surface area (Å²) in [5, 5.41) is 0. The number of rotatable bonds is 1. The number of piperidine rings is 3. The summed E-state index contributed by atoms with van der Waals surface area (Å²) in [5.41, 5.74) is 7.86. The monoisotopic (exact) mass is 202 g/mol. The second kappa shape index (κ2) is 3.32. The van der Waals surface area contributed by atoms with Crippen LogP contribution in [0.5, 0.6) is 0 Å². The maximum absolute atomic E-state index is 6.62.